The summed E-state index contributed by atoms with van der Waals surface area (Å²) in [6.45, 7) is 1.96. The van der Waals surface area contributed by atoms with Gasteiger partial charge in [0.05, 0.1) is 11.7 Å². The van der Waals surface area contributed by atoms with Gasteiger partial charge in [-0.2, -0.15) is 0 Å². The first-order valence-corrected chi connectivity index (χ1v) is 6.69. The second kappa shape index (κ2) is 4.72. The van der Waals surface area contributed by atoms with Crippen LogP contribution in [0.25, 0.3) is 16.9 Å². The molecule has 0 atom stereocenters. The third-order valence-corrected chi connectivity index (χ3v) is 3.58. The van der Waals surface area contributed by atoms with Gasteiger partial charge in [-0.05, 0) is 24.6 Å². The van der Waals surface area contributed by atoms with Crippen molar-refractivity contribution in [2.45, 2.75) is 6.92 Å². The Balaban J connectivity index is 2.37. The zero-order chi connectivity index (χ0) is 14.3. The van der Waals surface area contributed by atoms with Crippen molar-refractivity contribution in [3.63, 3.8) is 0 Å². The molecule has 0 aliphatic carbocycles. The SMILES string of the molecule is Cc1ccc(Br)cc1-c1nc(C(=O)O)c2cnccn12. The number of imidazole rings is 1. The number of carboxylic acid groups (broad SMARTS) is 1. The number of carbonyl (C=O) groups is 1. The van der Waals surface area contributed by atoms with Gasteiger partial charge in [0.15, 0.2) is 5.69 Å². The van der Waals surface area contributed by atoms with Crippen LogP contribution in [0, 0.1) is 6.92 Å². The van der Waals surface area contributed by atoms with Crippen LogP contribution in [0.1, 0.15) is 16.1 Å². The van der Waals surface area contributed by atoms with Crippen LogP contribution in [-0.2, 0) is 0 Å². The van der Waals surface area contributed by atoms with Gasteiger partial charge in [0, 0.05) is 22.4 Å². The minimum absolute atomic E-state index is 0.00692. The predicted molar refractivity (Wildman–Crippen MR) is 77.8 cm³/mol. The van der Waals surface area contributed by atoms with Gasteiger partial charge in [0.25, 0.3) is 0 Å². The van der Waals surface area contributed by atoms with Gasteiger partial charge in [-0.15, -0.1) is 0 Å². The molecule has 0 bridgehead atoms. The van der Waals surface area contributed by atoms with Crippen LogP contribution in [0.5, 0.6) is 0 Å². The number of nitrogens with zero attached hydrogens (tertiary/aromatic N) is 3. The molecule has 100 valence electrons. The summed E-state index contributed by atoms with van der Waals surface area (Å²) in [5, 5.41) is 9.25. The normalized spacial score (nSPS) is 10.9. The first-order valence-electron chi connectivity index (χ1n) is 5.90. The average molecular weight is 332 g/mol. The average Bonchev–Trinajstić information content (AvgIpc) is 2.81. The maximum absolute atomic E-state index is 11.3. The fourth-order valence-electron chi connectivity index (χ4n) is 2.12. The quantitative estimate of drug-likeness (QED) is 0.783. The fraction of sp³-hybridized carbons (Fsp3) is 0.0714. The van der Waals surface area contributed by atoms with Crippen LogP contribution < -0.4 is 0 Å². The van der Waals surface area contributed by atoms with Crippen LogP contribution in [0.15, 0.2) is 41.3 Å². The van der Waals surface area contributed by atoms with E-state index in [0.29, 0.717) is 11.3 Å². The van der Waals surface area contributed by atoms with Crippen molar-refractivity contribution in [1.82, 2.24) is 14.4 Å². The standard InChI is InChI=1S/C14H10BrN3O2/c1-8-2-3-9(15)6-10(8)13-17-12(14(19)20)11-7-16-4-5-18(11)13/h2-7H,1H3,(H,19,20). The van der Waals surface area contributed by atoms with E-state index in [1.165, 1.54) is 6.20 Å². The highest BCUT2D eigenvalue weighted by atomic mass is 79.9. The van der Waals surface area contributed by atoms with E-state index in [2.05, 4.69) is 25.9 Å². The third-order valence-electron chi connectivity index (χ3n) is 3.09. The lowest BCUT2D eigenvalue weighted by molar-refractivity contribution is 0.0693. The van der Waals surface area contributed by atoms with Crippen molar-refractivity contribution in [2.75, 3.05) is 0 Å². The summed E-state index contributed by atoms with van der Waals surface area (Å²) in [6.07, 6.45) is 4.83. The summed E-state index contributed by atoms with van der Waals surface area (Å²) in [5.74, 6) is -0.465. The molecular formula is C14H10BrN3O2. The summed E-state index contributed by atoms with van der Waals surface area (Å²) >= 11 is 3.43. The Kier molecular flexibility index (Phi) is 3.02. The van der Waals surface area contributed by atoms with E-state index >= 15 is 0 Å². The zero-order valence-corrected chi connectivity index (χ0v) is 12.1. The lowest BCUT2D eigenvalue weighted by Gasteiger charge is -2.05. The van der Waals surface area contributed by atoms with E-state index in [9.17, 15) is 9.90 Å². The Morgan fingerprint density at radius 2 is 2.20 bits per heavy atom. The lowest BCUT2D eigenvalue weighted by atomic mass is 10.1. The van der Waals surface area contributed by atoms with Crippen LogP contribution >= 0.6 is 15.9 Å². The second-order valence-corrected chi connectivity index (χ2v) is 5.30. The van der Waals surface area contributed by atoms with Crippen molar-refractivity contribution in [2.24, 2.45) is 0 Å². The Morgan fingerprint density at radius 1 is 1.40 bits per heavy atom. The van der Waals surface area contributed by atoms with Gasteiger partial charge >= 0.3 is 5.97 Å². The molecule has 2 heterocycles. The minimum atomic E-state index is -1.06. The van der Waals surface area contributed by atoms with Crippen molar-refractivity contribution in [3.8, 4) is 11.4 Å². The molecule has 1 N–H and O–H groups in total. The third kappa shape index (κ3) is 1.98. The molecule has 6 heteroatoms. The van der Waals surface area contributed by atoms with Gasteiger partial charge in [0.2, 0.25) is 0 Å². The lowest BCUT2D eigenvalue weighted by Crippen LogP contribution is -1.97. The number of rotatable bonds is 2. The molecule has 0 aliphatic rings. The summed E-state index contributed by atoms with van der Waals surface area (Å²) < 4.78 is 2.66. The molecule has 0 saturated heterocycles. The molecule has 0 spiro atoms. The molecule has 0 fully saturated rings. The smallest absolute Gasteiger partial charge is 0.356 e. The molecule has 0 unspecified atom stereocenters. The van der Waals surface area contributed by atoms with Gasteiger partial charge in [0.1, 0.15) is 5.82 Å². The van der Waals surface area contributed by atoms with Crippen LogP contribution in [0.2, 0.25) is 0 Å². The molecule has 2 aromatic heterocycles. The molecular weight excluding hydrogens is 322 g/mol. The number of carboxylic acids is 1. The van der Waals surface area contributed by atoms with Crippen molar-refractivity contribution >= 4 is 27.4 Å². The molecule has 5 nitrogen and oxygen atoms in total. The number of fused-ring (bicyclic) bond motifs is 1. The maximum Gasteiger partial charge on any atom is 0.356 e. The Morgan fingerprint density at radius 3 is 2.95 bits per heavy atom. The van der Waals surface area contributed by atoms with Crippen molar-refractivity contribution < 1.29 is 9.90 Å². The molecule has 0 aliphatic heterocycles. The molecule has 0 radical (unpaired) electrons. The number of hydrogen-bond acceptors (Lipinski definition) is 3. The Bertz CT molecular complexity index is 826. The summed E-state index contributed by atoms with van der Waals surface area (Å²) in [6, 6.07) is 5.83. The molecule has 20 heavy (non-hydrogen) atoms. The highest BCUT2D eigenvalue weighted by molar-refractivity contribution is 9.10. The first-order chi connectivity index (χ1) is 9.58. The monoisotopic (exact) mass is 331 g/mol. The number of aromatic nitrogens is 3. The zero-order valence-electron chi connectivity index (χ0n) is 10.5. The van der Waals surface area contributed by atoms with Crippen LogP contribution in [0.4, 0.5) is 0 Å². The van der Waals surface area contributed by atoms with Crippen LogP contribution in [0.3, 0.4) is 0 Å². The maximum atomic E-state index is 11.3. The highest BCUT2D eigenvalue weighted by Gasteiger charge is 2.18. The topological polar surface area (TPSA) is 67.5 Å². The van der Waals surface area contributed by atoms with E-state index in [-0.39, 0.29) is 5.69 Å². The highest BCUT2D eigenvalue weighted by Crippen LogP contribution is 2.28. The van der Waals surface area contributed by atoms with Gasteiger partial charge in [-0.25, -0.2) is 9.78 Å². The summed E-state index contributed by atoms with van der Waals surface area (Å²) in [4.78, 5) is 19.5. The van der Waals surface area contributed by atoms with Crippen molar-refractivity contribution in [3.05, 3.63) is 52.5 Å². The summed E-state index contributed by atoms with van der Waals surface area (Å²) in [5.41, 5.74) is 2.39. The number of hydrogen-bond donors (Lipinski definition) is 1. The van der Waals surface area contributed by atoms with Crippen molar-refractivity contribution in [1.29, 1.82) is 0 Å². The van der Waals surface area contributed by atoms with Gasteiger partial charge < -0.3 is 5.11 Å². The van der Waals surface area contributed by atoms with E-state index < -0.39 is 5.97 Å². The number of aromatic carboxylic acids is 1. The molecule has 3 rings (SSSR count). The first kappa shape index (κ1) is 12.8. The number of halogens is 1. The Labute approximate surface area is 123 Å². The van der Waals surface area contributed by atoms with Crippen LogP contribution in [-0.4, -0.2) is 25.4 Å². The van der Waals surface area contributed by atoms with Gasteiger partial charge in [-0.3, -0.25) is 9.38 Å². The van der Waals surface area contributed by atoms with Gasteiger partial charge in [-0.1, -0.05) is 22.0 Å². The van der Waals surface area contributed by atoms with E-state index in [1.807, 2.05) is 25.1 Å². The minimum Gasteiger partial charge on any atom is -0.476 e. The Hall–Kier alpha value is -2.21. The largest absolute Gasteiger partial charge is 0.476 e. The number of aryl methyl sites for hydroxylation is 1. The predicted octanol–water partition coefficient (Wildman–Crippen LogP) is 3.17. The van der Waals surface area contributed by atoms with E-state index in [1.54, 1.807) is 16.8 Å². The number of benzene rings is 1. The molecule has 0 amide bonds. The molecule has 3 aromatic rings. The molecule has 1 aromatic carbocycles. The molecule has 0 saturated carbocycles. The summed E-state index contributed by atoms with van der Waals surface area (Å²) in [7, 11) is 0. The van der Waals surface area contributed by atoms with E-state index in [4.69, 9.17) is 0 Å². The fourth-order valence-corrected chi connectivity index (χ4v) is 2.48. The van der Waals surface area contributed by atoms with E-state index in [0.717, 1.165) is 15.6 Å². The second-order valence-electron chi connectivity index (χ2n) is 4.38.